The van der Waals surface area contributed by atoms with Crippen LogP contribution in [0.5, 0.6) is 0 Å². The van der Waals surface area contributed by atoms with Gasteiger partial charge in [-0.15, -0.1) is 0 Å². The first-order chi connectivity index (χ1) is 7.66. The minimum atomic E-state index is 0.729. The summed E-state index contributed by atoms with van der Waals surface area (Å²) >= 11 is 0. The number of anilines is 1. The highest BCUT2D eigenvalue weighted by Crippen LogP contribution is 2.13. The van der Waals surface area contributed by atoms with Crippen LogP contribution in [0.25, 0.3) is 0 Å². The third-order valence-electron chi connectivity index (χ3n) is 2.67. The molecule has 16 heavy (non-hydrogen) atoms. The summed E-state index contributed by atoms with van der Waals surface area (Å²) in [7, 11) is 1.94. The Balaban J connectivity index is 2.02. The molecular formula is C12H16N4. The predicted octanol–water partition coefficient (Wildman–Crippen LogP) is 2.04. The van der Waals surface area contributed by atoms with Gasteiger partial charge in [-0.2, -0.15) is 5.10 Å². The fraction of sp³-hybridized carbons (Fsp3) is 0.333. The molecule has 0 aromatic carbocycles. The average Bonchev–Trinajstić information content (AvgIpc) is 2.60. The Morgan fingerprint density at radius 1 is 1.25 bits per heavy atom. The van der Waals surface area contributed by atoms with E-state index >= 15 is 0 Å². The monoisotopic (exact) mass is 216 g/mol. The van der Waals surface area contributed by atoms with Crippen LogP contribution in [0.1, 0.15) is 17.0 Å². The fourth-order valence-electron chi connectivity index (χ4n) is 1.46. The summed E-state index contributed by atoms with van der Waals surface area (Å²) in [4.78, 5) is 4.34. The molecule has 0 bridgehead atoms. The molecule has 4 nitrogen and oxygen atoms in total. The normalized spacial score (nSPS) is 10.4. The van der Waals surface area contributed by atoms with Gasteiger partial charge in [0, 0.05) is 13.2 Å². The largest absolute Gasteiger partial charge is 0.377 e. The van der Waals surface area contributed by atoms with Gasteiger partial charge in [-0.1, -0.05) is 6.07 Å². The molecule has 0 aliphatic carbocycles. The minimum absolute atomic E-state index is 0.729. The molecule has 84 valence electrons. The average molecular weight is 216 g/mol. The van der Waals surface area contributed by atoms with E-state index in [1.165, 1.54) is 5.56 Å². The maximum atomic E-state index is 4.34. The zero-order valence-electron chi connectivity index (χ0n) is 9.86. The van der Waals surface area contributed by atoms with E-state index in [0.717, 1.165) is 23.6 Å². The summed E-state index contributed by atoms with van der Waals surface area (Å²) < 4.78 is 1.85. The SMILES string of the molecule is Cc1ccc(CNc2cnn(C)c2C)nc1. The summed E-state index contributed by atoms with van der Waals surface area (Å²) in [5.74, 6) is 0. The van der Waals surface area contributed by atoms with Crippen LogP contribution < -0.4 is 5.32 Å². The van der Waals surface area contributed by atoms with Gasteiger partial charge in [-0.25, -0.2) is 0 Å². The minimum Gasteiger partial charge on any atom is -0.377 e. The van der Waals surface area contributed by atoms with E-state index in [9.17, 15) is 0 Å². The predicted molar refractivity (Wildman–Crippen MR) is 64.2 cm³/mol. The van der Waals surface area contributed by atoms with Crippen LogP contribution in [-0.4, -0.2) is 14.8 Å². The molecule has 2 rings (SSSR count). The second-order valence-corrected chi connectivity index (χ2v) is 3.95. The lowest BCUT2D eigenvalue weighted by molar-refractivity contribution is 0.740. The molecule has 0 saturated carbocycles. The van der Waals surface area contributed by atoms with Crippen molar-refractivity contribution < 1.29 is 0 Å². The van der Waals surface area contributed by atoms with E-state index in [0.29, 0.717) is 0 Å². The maximum Gasteiger partial charge on any atom is 0.0759 e. The van der Waals surface area contributed by atoms with Gasteiger partial charge >= 0.3 is 0 Å². The van der Waals surface area contributed by atoms with Crippen LogP contribution in [-0.2, 0) is 13.6 Å². The number of hydrogen-bond acceptors (Lipinski definition) is 3. The van der Waals surface area contributed by atoms with Crippen LogP contribution in [0, 0.1) is 13.8 Å². The molecule has 1 N–H and O–H groups in total. The summed E-state index contributed by atoms with van der Waals surface area (Å²) in [6.45, 7) is 4.81. The quantitative estimate of drug-likeness (QED) is 0.853. The van der Waals surface area contributed by atoms with Crippen molar-refractivity contribution in [2.24, 2.45) is 7.05 Å². The van der Waals surface area contributed by atoms with Gasteiger partial charge in [0.15, 0.2) is 0 Å². The van der Waals surface area contributed by atoms with Crippen molar-refractivity contribution in [2.75, 3.05) is 5.32 Å². The van der Waals surface area contributed by atoms with Crippen molar-refractivity contribution in [1.82, 2.24) is 14.8 Å². The molecule has 0 radical (unpaired) electrons. The number of nitrogens with zero attached hydrogens (tertiary/aromatic N) is 3. The molecule has 0 spiro atoms. The second kappa shape index (κ2) is 4.35. The first-order valence-electron chi connectivity index (χ1n) is 5.31. The van der Waals surface area contributed by atoms with Gasteiger partial charge in [0.05, 0.1) is 29.8 Å². The Kier molecular flexibility index (Phi) is 2.90. The van der Waals surface area contributed by atoms with E-state index in [4.69, 9.17) is 0 Å². The third-order valence-corrected chi connectivity index (χ3v) is 2.67. The van der Waals surface area contributed by atoms with Gasteiger partial charge in [0.1, 0.15) is 0 Å². The Morgan fingerprint density at radius 3 is 2.62 bits per heavy atom. The topological polar surface area (TPSA) is 42.7 Å². The standard InChI is InChI=1S/C12H16N4/c1-9-4-5-11(13-6-9)7-14-12-8-15-16(3)10(12)2/h4-6,8,14H,7H2,1-3H3. The lowest BCUT2D eigenvalue weighted by Crippen LogP contribution is -2.02. The fourth-order valence-corrected chi connectivity index (χ4v) is 1.46. The van der Waals surface area contributed by atoms with Crippen molar-refractivity contribution >= 4 is 5.69 Å². The van der Waals surface area contributed by atoms with Crippen molar-refractivity contribution in [1.29, 1.82) is 0 Å². The first kappa shape index (κ1) is 10.7. The lowest BCUT2D eigenvalue weighted by Gasteiger charge is -2.05. The van der Waals surface area contributed by atoms with Crippen molar-refractivity contribution in [2.45, 2.75) is 20.4 Å². The number of rotatable bonds is 3. The van der Waals surface area contributed by atoms with E-state index < -0.39 is 0 Å². The molecule has 2 aromatic rings. The molecule has 2 aromatic heterocycles. The maximum absolute atomic E-state index is 4.34. The lowest BCUT2D eigenvalue weighted by atomic mass is 10.2. The Morgan fingerprint density at radius 2 is 2.06 bits per heavy atom. The van der Waals surface area contributed by atoms with Crippen LogP contribution in [0.3, 0.4) is 0 Å². The first-order valence-corrected chi connectivity index (χ1v) is 5.31. The Labute approximate surface area is 95.3 Å². The molecule has 4 heteroatoms. The summed E-state index contributed by atoms with van der Waals surface area (Å²) in [5.41, 5.74) is 4.41. The third kappa shape index (κ3) is 2.21. The Bertz CT molecular complexity index is 470. The molecule has 0 amide bonds. The highest BCUT2D eigenvalue weighted by atomic mass is 15.3. The van der Waals surface area contributed by atoms with Crippen LogP contribution in [0.15, 0.2) is 24.5 Å². The van der Waals surface area contributed by atoms with Crippen molar-refractivity contribution in [3.63, 3.8) is 0 Å². The smallest absolute Gasteiger partial charge is 0.0759 e. The molecule has 0 fully saturated rings. The van der Waals surface area contributed by atoms with Gasteiger partial charge < -0.3 is 5.32 Å². The molecule has 0 unspecified atom stereocenters. The summed E-state index contributed by atoms with van der Waals surface area (Å²) in [6.07, 6.45) is 3.72. The molecular weight excluding hydrogens is 200 g/mol. The van der Waals surface area contributed by atoms with E-state index in [-0.39, 0.29) is 0 Å². The number of aryl methyl sites for hydroxylation is 2. The second-order valence-electron chi connectivity index (χ2n) is 3.95. The molecule has 0 aliphatic heterocycles. The van der Waals surface area contributed by atoms with Crippen molar-refractivity contribution in [3.05, 3.63) is 41.5 Å². The highest BCUT2D eigenvalue weighted by Gasteiger charge is 2.02. The summed E-state index contributed by atoms with van der Waals surface area (Å²) in [5, 5.41) is 7.50. The number of nitrogens with one attached hydrogen (secondary N) is 1. The van der Waals surface area contributed by atoms with Gasteiger partial charge in [0.2, 0.25) is 0 Å². The summed E-state index contributed by atoms with van der Waals surface area (Å²) in [6, 6.07) is 4.11. The van der Waals surface area contributed by atoms with E-state index in [1.807, 2.05) is 44.0 Å². The number of hydrogen-bond donors (Lipinski definition) is 1. The van der Waals surface area contributed by atoms with Gasteiger partial charge in [-0.05, 0) is 25.5 Å². The van der Waals surface area contributed by atoms with Crippen LogP contribution >= 0.6 is 0 Å². The molecule has 0 saturated heterocycles. The van der Waals surface area contributed by atoms with Crippen LogP contribution in [0.4, 0.5) is 5.69 Å². The molecule has 0 atom stereocenters. The Hall–Kier alpha value is -1.84. The number of pyridine rings is 1. The highest BCUT2D eigenvalue weighted by molar-refractivity contribution is 5.45. The van der Waals surface area contributed by atoms with Crippen LogP contribution in [0.2, 0.25) is 0 Å². The zero-order chi connectivity index (χ0) is 11.5. The van der Waals surface area contributed by atoms with Crippen molar-refractivity contribution in [3.8, 4) is 0 Å². The zero-order valence-corrected chi connectivity index (χ0v) is 9.86. The van der Waals surface area contributed by atoms with Gasteiger partial charge in [-0.3, -0.25) is 9.67 Å². The van der Waals surface area contributed by atoms with E-state index in [1.54, 1.807) is 0 Å². The number of aromatic nitrogens is 3. The molecule has 0 aliphatic rings. The molecule has 2 heterocycles. The van der Waals surface area contributed by atoms with Gasteiger partial charge in [0.25, 0.3) is 0 Å². The van der Waals surface area contributed by atoms with E-state index in [2.05, 4.69) is 21.5 Å².